The van der Waals surface area contributed by atoms with E-state index in [9.17, 15) is 0 Å². The van der Waals surface area contributed by atoms with E-state index < -0.39 is 5.41 Å². The van der Waals surface area contributed by atoms with Crippen molar-refractivity contribution in [3.8, 4) is 56.0 Å². The minimum absolute atomic E-state index is 0.496. The lowest BCUT2D eigenvalue weighted by Crippen LogP contribution is -2.25. The van der Waals surface area contributed by atoms with E-state index in [4.69, 9.17) is 9.97 Å². The van der Waals surface area contributed by atoms with Crippen molar-refractivity contribution in [2.45, 2.75) is 5.41 Å². The van der Waals surface area contributed by atoms with Crippen LogP contribution in [0.2, 0.25) is 0 Å². The second kappa shape index (κ2) is 12.4. The maximum absolute atomic E-state index is 5.38. The van der Waals surface area contributed by atoms with Crippen molar-refractivity contribution in [3.63, 3.8) is 0 Å². The Kier molecular flexibility index (Phi) is 6.61. The first-order chi connectivity index (χ1) is 31.7. The van der Waals surface area contributed by atoms with Crippen molar-refractivity contribution in [2.75, 3.05) is 0 Å². The molecule has 2 aliphatic carbocycles. The molecule has 10 aromatic carbocycles. The molecule has 2 aliphatic rings. The Morgan fingerprint density at radius 1 is 0.344 bits per heavy atom. The molecule has 0 amide bonds. The second-order valence-electron chi connectivity index (χ2n) is 17.6. The lowest BCUT2D eigenvalue weighted by atomic mass is 9.70. The fraction of sp³-hybridized carbons (Fsp3) is 0.0164. The summed E-state index contributed by atoms with van der Waals surface area (Å²) in [6.45, 7) is 0. The number of rotatable bonds is 3. The molecule has 0 unspecified atom stereocenters. The van der Waals surface area contributed by atoms with Crippen LogP contribution in [0.3, 0.4) is 0 Å². The third-order valence-electron chi connectivity index (χ3n) is 14.5. The number of hydrogen-bond donors (Lipinski definition) is 0. The predicted octanol–water partition coefficient (Wildman–Crippen LogP) is 15.3. The van der Waals surface area contributed by atoms with Crippen LogP contribution in [-0.4, -0.2) is 14.4 Å². The first-order valence-electron chi connectivity index (χ1n) is 22.2. The number of nitrogens with zero attached hydrogens (tertiary/aromatic N) is 3. The van der Waals surface area contributed by atoms with Gasteiger partial charge in [0.05, 0.1) is 33.2 Å². The van der Waals surface area contributed by atoms with Gasteiger partial charge in [-0.25, -0.2) is 9.97 Å². The Hall–Kier alpha value is -8.40. The summed E-state index contributed by atoms with van der Waals surface area (Å²) in [7, 11) is 0. The standard InChI is InChI=1S/C61H35N3/c1-3-15-36(16-4-1)40-33-47-43-21-10-14-26-55(43)64-56-35-45-38(31-46(56)48(34-40)59(47)64)27-30-53-57(45)49-32-39(60-62-54-25-13-9-22-44(54)58(63-60)37-17-5-2-6-18-37)28-29-52(49)61(53)50-23-11-7-19-41(50)42-20-8-12-24-51(42)61/h1-35H. The number of benzene rings is 10. The summed E-state index contributed by atoms with van der Waals surface area (Å²) in [5.41, 5.74) is 20.0. The molecular formula is C61H35N3. The maximum Gasteiger partial charge on any atom is 0.160 e. The summed E-state index contributed by atoms with van der Waals surface area (Å²) in [5.74, 6) is 0.724. The first-order valence-corrected chi connectivity index (χ1v) is 22.2. The Bertz CT molecular complexity index is 4080. The summed E-state index contributed by atoms with van der Waals surface area (Å²) in [6, 6.07) is 78.3. The fourth-order valence-corrected chi connectivity index (χ4v) is 11.9. The van der Waals surface area contributed by atoms with Gasteiger partial charge in [0.2, 0.25) is 0 Å². The number of hydrogen-bond acceptors (Lipinski definition) is 2. The van der Waals surface area contributed by atoms with Gasteiger partial charge in [-0.2, -0.15) is 0 Å². The number of aromatic nitrogens is 3. The van der Waals surface area contributed by atoms with E-state index in [1.165, 1.54) is 105 Å². The van der Waals surface area contributed by atoms with Gasteiger partial charge >= 0.3 is 0 Å². The molecular weight excluding hydrogens is 775 g/mol. The number of para-hydroxylation sites is 2. The van der Waals surface area contributed by atoms with Gasteiger partial charge in [-0.1, -0.05) is 170 Å². The third-order valence-corrected chi connectivity index (χ3v) is 14.5. The van der Waals surface area contributed by atoms with Crippen molar-refractivity contribution in [3.05, 3.63) is 235 Å². The summed E-state index contributed by atoms with van der Waals surface area (Å²) < 4.78 is 2.53. The van der Waals surface area contributed by atoms with E-state index in [0.717, 1.165) is 33.5 Å². The van der Waals surface area contributed by atoms with Gasteiger partial charge in [-0.15, -0.1) is 0 Å². The smallest absolute Gasteiger partial charge is 0.160 e. The largest absolute Gasteiger partial charge is 0.308 e. The fourth-order valence-electron chi connectivity index (χ4n) is 11.9. The molecule has 13 aromatic rings. The zero-order valence-corrected chi connectivity index (χ0v) is 34.5. The van der Waals surface area contributed by atoms with Gasteiger partial charge in [0.25, 0.3) is 0 Å². The van der Waals surface area contributed by atoms with Crippen molar-refractivity contribution >= 4 is 59.8 Å². The quantitative estimate of drug-likeness (QED) is 0.178. The van der Waals surface area contributed by atoms with Crippen molar-refractivity contribution in [1.82, 2.24) is 14.4 Å². The van der Waals surface area contributed by atoms with Gasteiger partial charge in [0.1, 0.15) is 0 Å². The Morgan fingerprint density at radius 2 is 0.969 bits per heavy atom. The second-order valence-corrected chi connectivity index (χ2v) is 17.6. The van der Waals surface area contributed by atoms with Crippen LogP contribution in [-0.2, 0) is 5.41 Å². The van der Waals surface area contributed by atoms with E-state index in [-0.39, 0.29) is 0 Å². The molecule has 3 heterocycles. The Balaban J connectivity index is 1.06. The highest BCUT2D eigenvalue weighted by molar-refractivity contribution is 6.26. The van der Waals surface area contributed by atoms with E-state index in [2.05, 4.69) is 217 Å². The van der Waals surface area contributed by atoms with Crippen molar-refractivity contribution in [2.24, 2.45) is 0 Å². The molecule has 3 aromatic heterocycles. The summed E-state index contributed by atoms with van der Waals surface area (Å²) in [4.78, 5) is 10.6. The predicted molar refractivity (Wildman–Crippen MR) is 264 cm³/mol. The third kappa shape index (κ3) is 4.31. The van der Waals surface area contributed by atoms with Crippen molar-refractivity contribution < 1.29 is 0 Å². The van der Waals surface area contributed by atoms with Crippen molar-refractivity contribution in [1.29, 1.82) is 0 Å². The molecule has 0 radical (unpaired) electrons. The van der Waals surface area contributed by atoms with Gasteiger partial charge in [0.15, 0.2) is 5.82 Å². The summed E-state index contributed by atoms with van der Waals surface area (Å²) in [5, 5.41) is 8.64. The SMILES string of the molecule is c1ccc(-c2cc3c4ccccc4n4c5cc6c7c(ccc6cc5c(c2)c34)C2(c3ccccc3-c3ccccc32)c2ccc(-c3nc(-c4ccccc4)c4ccccc4n3)cc2-7)cc1. The normalized spacial score (nSPS) is 13.4. The number of fused-ring (bicyclic) bond motifs is 19. The highest BCUT2D eigenvalue weighted by Gasteiger charge is 2.52. The van der Waals surface area contributed by atoms with Crippen LogP contribution in [0.15, 0.2) is 212 Å². The molecule has 294 valence electrons. The van der Waals surface area contributed by atoms with Crippen LogP contribution in [0.25, 0.3) is 116 Å². The van der Waals surface area contributed by atoms with Crippen LogP contribution in [0.4, 0.5) is 0 Å². The monoisotopic (exact) mass is 809 g/mol. The highest BCUT2D eigenvalue weighted by Crippen LogP contribution is 2.64. The zero-order chi connectivity index (χ0) is 41.7. The van der Waals surface area contributed by atoms with Crippen LogP contribution >= 0.6 is 0 Å². The van der Waals surface area contributed by atoms with Gasteiger partial charge < -0.3 is 4.40 Å². The van der Waals surface area contributed by atoms with E-state index in [1.807, 2.05) is 0 Å². The molecule has 0 atom stereocenters. The highest BCUT2D eigenvalue weighted by atomic mass is 14.9. The molecule has 0 fully saturated rings. The molecule has 0 saturated carbocycles. The minimum Gasteiger partial charge on any atom is -0.308 e. The van der Waals surface area contributed by atoms with E-state index in [0.29, 0.717) is 0 Å². The Morgan fingerprint density at radius 3 is 1.75 bits per heavy atom. The topological polar surface area (TPSA) is 30.2 Å². The molecule has 64 heavy (non-hydrogen) atoms. The summed E-state index contributed by atoms with van der Waals surface area (Å²) >= 11 is 0. The minimum atomic E-state index is -0.496. The van der Waals surface area contributed by atoms with Crippen LogP contribution in [0, 0.1) is 0 Å². The molecule has 1 spiro atoms. The first kappa shape index (κ1) is 34.2. The maximum atomic E-state index is 5.38. The molecule has 3 heteroatoms. The molecule has 0 aliphatic heterocycles. The molecule has 0 N–H and O–H groups in total. The van der Waals surface area contributed by atoms with Gasteiger partial charge in [-0.3, -0.25) is 0 Å². The van der Waals surface area contributed by atoms with Gasteiger partial charge in [-0.05, 0) is 109 Å². The van der Waals surface area contributed by atoms with Gasteiger partial charge in [0, 0.05) is 38.1 Å². The molecule has 0 bridgehead atoms. The van der Waals surface area contributed by atoms with Crippen LogP contribution in [0.5, 0.6) is 0 Å². The lowest BCUT2D eigenvalue weighted by molar-refractivity contribution is 0.794. The average Bonchev–Trinajstić information content (AvgIpc) is 4.07. The van der Waals surface area contributed by atoms with E-state index in [1.54, 1.807) is 0 Å². The summed E-state index contributed by atoms with van der Waals surface area (Å²) in [6.07, 6.45) is 0. The molecule has 0 saturated heterocycles. The Labute approximate surface area is 368 Å². The zero-order valence-electron chi connectivity index (χ0n) is 34.5. The van der Waals surface area contributed by atoms with E-state index >= 15 is 0 Å². The van der Waals surface area contributed by atoms with Crippen LogP contribution < -0.4 is 0 Å². The molecule has 3 nitrogen and oxygen atoms in total. The average molecular weight is 810 g/mol. The lowest BCUT2D eigenvalue weighted by Gasteiger charge is -2.30. The van der Waals surface area contributed by atoms with Crippen LogP contribution in [0.1, 0.15) is 22.3 Å². The molecule has 15 rings (SSSR count).